The molecule has 0 aromatic heterocycles. The molecule has 2 rings (SSSR count). The van der Waals surface area contributed by atoms with E-state index in [1.54, 1.807) is 12.0 Å². The van der Waals surface area contributed by atoms with E-state index in [4.69, 9.17) is 4.74 Å². The molecule has 31 heavy (non-hydrogen) atoms. The maximum atomic E-state index is 10.4. The average Bonchev–Trinajstić information content (AvgIpc) is 2.75. The predicted molar refractivity (Wildman–Crippen MR) is 121 cm³/mol. The molecule has 6 heteroatoms. The van der Waals surface area contributed by atoms with E-state index in [1.807, 2.05) is 6.07 Å². The van der Waals surface area contributed by atoms with Gasteiger partial charge in [-0.05, 0) is 18.6 Å². The summed E-state index contributed by atoms with van der Waals surface area (Å²) in [6.45, 7) is 7.74. The molecule has 182 valence electrons. The van der Waals surface area contributed by atoms with Gasteiger partial charge in [-0.15, -0.1) is 0 Å². The molecule has 1 atom stereocenters. The Bertz CT molecular complexity index is 540. The number of aliphatic hydroxyl groups excluding tert-OH is 1. The lowest BCUT2D eigenvalue weighted by Crippen LogP contribution is -3.26. The third kappa shape index (κ3) is 12.9. The zero-order valence-corrected chi connectivity index (χ0v) is 21.3. The highest BCUT2D eigenvalue weighted by atomic mass is 35.5. The van der Waals surface area contributed by atoms with Gasteiger partial charge in [0, 0.05) is 6.07 Å². The Morgan fingerprint density at radius 1 is 0.871 bits per heavy atom. The number of ether oxygens (including phenoxy) is 1. The van der Waals surface area contributed by atoms with Gasteiger partial charge in [-0.3, -0.25) is 4.90 Å². The minimum Gasteiger partial charge on any atom is -1.00 e. The maximum Gasteiger partial charge on any atom is 0.135 e. The number of methoxy groups -OCH3 is 1. The van der Waals surface area contributed by atoms with Crippen molar-refractivity contribution in [2.75, 3.05) is 39.8 Å². The number of nitrogens with one attached hydrogen (secondary N) is 2. The number of halogens is 2. The Hall–Kier alpha value is -0.520. The zero-order valence-electron chi connectivity index (χ0n) is 19.8. The molecule has 0 radical (unpaired) electrons. The fourth-order valence-electron chi connectivity index (χ4n) is 4.54. The number of benzene rings is 1. The molecule has 1 aliphatic heterocycles. The third-order valence-electron chi connectivity index (χ3n) is 6.45. The summed E-state index contributed by atoms with van der Waals surface area (Å²) in [5, 5.41) is 10.4. The second kappa shape index (κ2) is 19.0. The first-order valence-electron chi connectivity index (χ1n) is 12.2. The molecule has 3 N–H and O–H groups in total. The average molecular weight is 478 g/mol. The van der Waals surface area contributed by atoms with Crippen LogP contribution in [0.4, 0.5) is 5.69 Å². The van der Waals surface area contributed by atoms with Gasteiger partial charge >= 0.3 is 0 Å². The Balaban J connectivity index is 0.00000450. The van der Waals surface area contributed by atoms with Crippen LogP contribution in [0.5, 0.6) is 5.75 Å². The van der Waals surface area contributed by atoms with Crippen LogP contribution in [0.1, 0.15) is 77.6 Å². The van der Waals surface area contributed by atoms with E-state index in [1.165, 1.54) is 74.8 Å². The van der Waals surface area contributed by atoms with Crippen molar-refractivity contribution in [2.24, 2.45) is 0 Å². The fourth-order valence-corrected chi connectivity index (χ4v) is 4.54. The van der Waals surface area contributed by atoms with Crippen LogP contribution >= 0.6 is 0 Å². The quantitative estimate of drug-likeness (QED) is 0.233. The molecule has 1 heterocycles. The van der Waals surface area contributed by atoms with Gasteiger partial charge in [-0.25, -0.2) is 0 Å². The molecule has 0 spiro atoms. The molecule has 1 saturated heterocycles. The maximum absolute atomic E-state index is 10.4. The lowest BCUT2D eigenvalue weighted by Gasteiger charge is -2.30. The minimum atomic E-state index is -0.127. The number of rotatable bonds is 15. The van der Waals surface area contributed by atoms with Gasteiger partial charge in [-0.1, -0.05) is 77.2 Å². The predicted octanol–water partition coefficient (Wildman–Crippen LogP) is -3.21. The van der Waals surface area contributed by atoms with Gasteiger partial charge < -0.3 is 39.6 Å². The van der Waals surface area contributed by atoms with Crippen LogP contribution in [0.15, 0.2) is 24.3 Å². The topological polar surface area (TPSA) is 38.3 Å². The highest BCUT2D eigenvalue weighted by molar-refractivity contribution is 5.37. The van der Waals surface area contributed by atoms with Gasteiger partial charge in [0.1, 0.15) is 50.3 Å². The number of piperazine rings is 1. The Morgan fingerprint density at radius 3 is 2.03 bits per heavy atom. The third-order valence-corrected chi connectivity index (χ3v) is 6.45. The SMILES string of the molecule is CCCCCCCCCCCCC(O)C[NH+]1CC[NH+](c2cccc(OC)c2)CC1.[Cl-].[Cl-]. The van der Waals surface area contributed by atoms with Gasteiger partial charge in [0.15, 0.2) is 0 Å². The van der Waals surface area contributed by atoms with Crippen molar-refractivity contribution >= 4 is 5.69 Å². The molecule has 0 aliphatic carbocycles. The number of aliphatic hydroxyl groups is 1. The van der Waals surface area contributed by atoms with Crippen molar-refractivity contribution in [1.29, 1.82) is 0 Å². The van der Waals surface area contributed by atoms with Gasteiger partial charge in [-0.2, -0.15) is 0 Å². The largest absolute Gasteiger partial charge is 1.00 e. The van der Waals surface area contributed by atoms with Crippen LogP contribution in [0.3, 0.4) is 0 Å². The van der Waals surface area contributed by atoms with E-state index < -0.39 is 0 Å². The molecule has 0 amide bonds. The van der Waals surface area contributed by atoms with E-state index in [-0.39, 0.29) is 30.9 Å². The standard InChI is InChI=1S/C25H44N2O2.2ClH/c1-3-4-5-6-7-8-9-10-11-12-15-24(28)22-26-17-19-27(20-18-26)23-14-13-16-25(21-23)29-2;;/h13-14,16,21,24,28H,3-12,15,17-20,22H2,1-2H3;2*1H. The van der Waals surface area contributed by atoms with Crippen LogP contribution < -0.4 is 39.4 Å². The van der Waals surface area contributed by atoms with Crippen molar-refractivity contribution in [1.82, 2.24) is 0 Å². The van der Waals surface area contributed by atoms with E-state index in [0.717, 1.165) is 44.9 Å². The van der Waals surface area contributed by atoms with Gasteiger partial charge in [0.2, 0.25) is 0 Å². The molecule has 1 aromatic rings. The van der Waals surface area contributed by atoms with Crippen LogP contribution in [-0.4, -0.2) is 51.0 Å². The number of quaternary nitrogens is 2. The monoisotopic (exact) mass is 476 g/mol. The first kappa shape index (κ1) is 30.5. The van der Waals surface area contributed by atoms with Crippen LogP contribution in [0.2, 0.25) is 0 Å². The van der Waals surface area contributed by atoms with E-state index in [2.05, 4.69) is 25.1 Å². The normalized spacial score (nSPS) is 19.2. The van der Waals surface area contributed by atoms with Crippen molar-refractivity contribution in [2.45, 2.75) is 83.7 Å². The first-order chi connectivity index (χ1) is 14.2. The molecule has 1 aromatic carbocycles. The molecular formula is C25H46Cl2N2O2. The Labute approximate surface area is 203 Å². The Morgan fingerprint density at radius 2 is 1.45 bits per heavy atom. The molecule has 1 unspecified atom stereocenters. The van der Waals surface area contributed by atoms with Crippen LogP contribution in [0, 0.1) is 0 Å². The second-order valence-electron chi connectivity index (χ2n) is 8.91. The van der Waals surface area contributed by atoms with Crippen LogP contribution in [0.25, 0.3) is 0 Å². The first-order valence-corrected chi connectivity index (χ1v) is 12.2. The molecule has 4 nitrogen and oxygen atoms in total. The molecule has 1 aliphatic rings. The van der Waals surface area contributed by atoms with E-state index in [0.29, 0.717) is 0 Å². The summed E-state index contributed by atoms with van der Waals surface area (Å²) in [6, 6.07) is 8.44. The summed E-state index contributed by atoms with van der Waals surface area (Å²) in [5.41, 5.74) is 1.33. The number of hydrogen-bond donors (Lipinski definition) is 3. The minimum absolute atomic E-state index is 0. The molecule has 0 saturated carbocycles. The zero-order chi connectivity index (χ0) is 20.7. The van der Waals surface area contributed by atoms with E-state index in [9.17, 15) is 5.11 Å². The summed E-state index contributed by atoms with van der Waals surface area (Å²) in [4.78, 5) is 3.10. The van der Waals surface area contributed by atoms with Crippen molar-refractivity contribution in [3.63, 3.8) is 0 Å². The van der Waals surface area contributed by atoms with Crippen LogP contribution in [-0.2, 0) is 0 Å². The van der Waals surface area contributed by atoms with Gasteiger partial charge in [0.25, 0.3) is 0 Å². The summed E-state index contributed by atoms with van der Waals surface area (Å²) in [5.74, 6) is 0.941. The fraction of sp³-hybridized carbons (Fsp3) is 0.760. The van der Waals surface area contributed by atoms with Crippen molar-refractivity contribution in [3.8, 4) is 5.75 Å². The number of hydrogen-bond acceptors (Lipinski definition) is 2. The highest BCUT2D eigenvalue weighted by Gasteiger charge is 2.26. The smallest absolute Gasteiger partial charge is 0.135 e. The second-order valence-corrected chi connectivity index (χ2v) is 8.91. The molecular weight excluding hydrogens is 431 g/mol. The molecule has 1 fully saturated rings. The molecule has 0 bridgehead atoms. The van der Waals surface area contributed by atoms with E-state index >= 15 is 0 Å². The summed E-state index contributed by atoms with van der Waals surface area (Å²) in [6.07, 6.45) is 14.4. The highest BCUT2D eigenvalue weighted by Crippen LogP contribution is 2.14. The summed E-state index contributed by atoms with van der Waals surface area (Å²) in [7, 11) is 1.73. The van der Waals surface area contributed by atoms with Crippen molar-refractivity contribution < 1.29 is 44.5 Å². The van der Waals surface area contributed by atoms with Gasteiger partial charge in [0.05, 0.1) is 7.11 Å². The lowest BCUT2D eigenvalue weighted by atomic mass is 10.0. The lowest BCUT2D eigenvalue weighted by molar-refractivity contribution is -0.988. The van der Waals surface area contributed by atoms with Crippen molar-refractivity contribution in [3.05, 3.63) is 24.3 Å². The summed E-state index contributed by atoms with van der Waals surface area (Å²) < 4.78 is 5.36. The summed E-state index contributed by atoms with van der Waals surface area (Å²) >= 11 is 0. The number of unbranched alkanes of at least 4 members (excludes halogenated alkanes) is 9. The Kier molecular flexibility index (Phi) is 18.7.